The molecule has 1 amide bonds. The molecule has 5 nitrogen and oxygen atoms in total. The monoisotopic (exact) mass is 304 g/mol. The van der Waals surface area contributed by atoms with Gasteiger partial charge in [0.1, 0.15) is 5.60 Å². The van der Waals surface area contributed by atoms with Crippen molar-refractivity contribution >= 4 is 16.9 Å². The topological polar surface area (TPSA) is 58.6 Å². The molecule has 2 atom stereocenters. The number of carbonyl (C=O) groups is 1. The maximum Gasteiger partial charge on any atom is 0.410 e. The summed E-state index contributed by atoms with van der Waals surface area (Å²) in [6.07, 6.45) is 3.34. The zero-order valence-corrected chi connectivity index (χ0v) is 14.1. The van der Waals surface area contributed by atoms with Crippen LogP contribution in [0.15, 0.2) is 0 Å². The standard InChI is InChI=1S/C14H28N2O3S/c1-11(10-20(5)18)15-12-6-8-16(9-7-12)13(17)19-14(2,3)4/h11-12,15H,6-10H2,1-5H3. The van der Waals surface area contributed by atoms with Crippen LogP contribution in [0.3, 0.4) is 0 Å². The van der Waals surface area contributed by atoms with Gasteiger partial charge in [0, 0.05) is 48.0 Å². The molecule has 1 rings (SSSR count). The van der Waals surface area contributed by atoms with E-state index in [4.69, 9.17) is 4.74 Å². The van der Waals surface area contributed by atoms with E-state index < -0.39 is 16.4 Å². The summed E-state index contributed by atoms with van der Waals surface area (Å²) in [7, 11) is -0.773. The summed E-state index contributed by atoms with van der Waals surface area (Å²) in [6.45, 7) is 9.13. The first-order valence-electron chi connectivity index (χ1n) is 7.21. The van der Waals surface area contributed by atoms with Crippen LogP contribution < -0.4 is 5.32 Å². The van der Waals surface area contributed by atoms with Crippen molar-refractivity contribution in [3.63, 3.8) is 0 Å². The second kappa shape index (κ2) is 7.41. The van der Waals surface area contributed by atoms with Gasteiger partial charge in [-0.1, -0.05) is 0 Å². The highest BCUT2D eigenvalue weighted by Crippen LogP contribution is 2.15. The zero-order chi connectivity index (χ0) is 15.3. The first-order chi connectivity index (χ1) is 9.17. The molecule has 1 N–H and O–H groups in total. The lowest BCUT2D eigenvalue weighted by Gasteiger charge is -2.34. The number of likely N-dealkylation sites (tertiary alicyclic amines) is 1. The van der Waals surface area contributed by atoms with Crippen molar-refractivity contribution in [1.82, 2.24) is 10.2 Å². The molecule has 20 heavy (non-hydrogen) atoms. The fourth-order valence-corrected chi connectivity index (χ4v) is 3.16. The van der Waals surface area contributed by atoms with E-state index in [1.807, 2.05) is 20.8 Å². The Kier molecular flexibility index (Phi) is 6.45. The van der Waals surface area contributed by atoms with Crippen LogP contribution in [0.4, 0.5) is 4.79 Å². The molecule has 0 aliphatic carbocycles. The molecule has 1 aliphatic rings. The summed E-state index contributed by atoms with van der Waals surface area (Å²) in [6, 6.07) is 0.645. The van der Waals surface area contributed by atoms with Gasteiger partial charge in [-0.2, -0.15) is 0 Å². The Morgan fingerprint density at radius 2 is 1.95 bits per heavy atom. The van der Waals surface area contributed by atoms with E-state index in [1.54, 1.807) is 11.2 Å². The molecule has 0 bridgehead atoms. The van der Waals surface area contributed by atoms with Gasteiger partial charge in [-0.05, 0) is 40.5 Å². The number of carbonyl (C=O) groups excluding carboxylic acids is 1. The van der Waals surface area contributed by atoms with Crippen LogP contribution in [0.25, 0.3) is 0 Å². The smallest absolute Gasteiger partial charge is 0.410 e. The van der Waals surface area contributed by atoms with Gasteiger partial charge in [0.05, 0.1) is 0 Å². The first kappa shape index (κ1) is 17.4. The maximum atomic E-state index is 11.9. The third-order valence-corrected chi connectivity index (χ3v) is 4.12. The average molecular weight is 304 g/mol. The summed E-state index contributed by atoms with van der Waals surface area (Å²) in [4.78, 5) is 13.7. The van der Waals surface area contributed by atoms with Gasteiger partial charge in [-0.3, -0.25) is 4.21 Å². The van der Waals surface area contributed by atoms with Crippen molar-refractivity contribution in [3.8, 4) is 0 Å². The average Bonchev–Trinajstić information content (AvgIpc) is 2.26. The highest BCUT2D eigenvalue weighted by molar-refractivity contribution is 7.84. The van der Waals surface area contributed by atoms with Gasteiger partial charge in [-0.15, -0.1) is 0 Å². The summed E-state index contributed by atoms with van der Waals surface area (Å²) < 4.78 is 16.5. The number of hydrogen-bond acceptors (Lipinski definition) is 4. The van der Waals surface area contributed by atoms with Crippen molar-refractivity contribution in [2.75, 3.05) is 25.1 Å². The Balaban J connectivity index is 2.33. The number of nitrogens with zero attached hydrogens (tertiary/aromatic N) is 1. The second-order valence-electron chi connectivity index (χ2n) is 6.55. The van der Waals surface area contributed by atoms with Crippen molar-refractivity contribution < 1.29 is 13.7 Å². The molecule has 0 aromatic heterocycles. The number of rotatable bonds is 4. The lowest BCUT2D eigenvalue weighted by atomic mass is 10.0. The summed E-state index contributed by atoms with van der Waals surface area (Å²) >= 11 is 0. The van der Waals surface area contributed by atoms with Gasteiger partial charge >= 0.3 is 6.09 Å². The first-order valence-corrected chi connectivity index (χ1v) is 8.94. The summed E-state index contributed by atoms with van der Waals surface area (Å²) in [5.41, 5.74) is -0.439. The normalized spacial score (nSPS) is 20.6. The molecule has 1 fully saturated rings. The van der Waals surface area contributed by atoms with Crippen LogP contribution in [-0.2, 0) is 15.5 Å². The van der Waals surface area contributed by atoms with Crippen LogP contribution in [0, 0.1) is 0 Å². The highest BCUT2D eigenvalue weighted by atomic mass is 32.2. The molecule has 0 aromatic carbocycles. The summed E-state index contributed by atoms with van der Waals surface area (Å²) in [5, 5.41) is 3.49. The van der Waals surface area contributed by atoms with Crippen molar-refractivity contribution in [3.05, 3.63) is 0 Å². The molecule has 0 radical (unpaired) electrons. The van der Waals surface area contributed by atoms with Gasteiger partial charge in [-0.25, -0.2) is 4.79 Å². The third-order valence-electron chi connectivity index (χ3n) is 3.15. The Morgan fingerprint density at radius 3 is 2.40 bits per heavy atom. The largest absolute Gasteiger partial charge is 0.444 e. The molecular weight excluding hydrogens is 276 g/mol. The number of hydrogen-bond donors (Lipinski definition) is 1. The minimum atomic E-state index is -0.773. The number of amides is 1. The lowest BCUT2D eigenvalue weighted by Crippen LogP contribution is -2.49. The van der Waals surface area contributed by atoms with E-state index in [0.717, 1.165) is 12.8 Å². The molecule has 0 aromatic rings. The minimum absolute atomic E-state index is 0.223. The van der Waals surface area contributed by atoms with E-state index in [-0.39, 0.29) is 12.1 Å². The van der Waals surface area contributed by atoms with Gasteiger partial charge in [0.15, 0.2) is 0 Å². The fraction of sp³-hybridized carbons (Fsp3) is 0.929. The Morgan fingerprint density at radius 1 is 1.40 bits per heavy atom. The van der Waals surface area contributed by atoms with E-state index in [2.05, 4.69) is 12.2 Å². The van der Waals surface area contributed by atoms with Crippen LogP contribution in [-0.4, -0.2) is 58.0 Å². The fourth-order valence-electron chi connectivity index (χ4n) is 2.36. The van der Waals surface area contributed by atoms with Crippen LogP contribution >= 0.6 is 0 Å². The van der Waals surface area contributed by atoms with E-state index in [9.17, 15) is 9.00 Å². The molecule has 1 aliphatic heterocycles. The molecule has 118 valence electrons. The molecule has 1 heterocycles. The van der Waals surface area contributed by atoms with Gasteiger partial charge < -0.3 is 15.0 Å². The zero-order valence-electron chi connectivity index (χ0n) is 13.3. The molecule has 2 unspecified atom stereocenters. The quantitative estimate of drug-likeness (QED) is 0.859. The van der Waals surface area contributed by atoms with Crippen molar-refractivity contribution in [2.24, 2.45) is 0 Å². The van der Waals surface area contributed by atoms with E-state index in [0.29, 0.717) is 24.9 Å². The maximum absolute atomic E-state index is 11.9. The molecular formula is C14H28N2O3S. The van der Waals surface area contributed by atoms with Crippen LogP contribution in [0.1, 0.15) is 40.5 Å². The van der Waals surface area contributed by atoms with E-state index >= 15 is 0 Å². The van der Waals surface area contributed by atoms with Gasteiger partial charge in [0.2, 0.25) is 0 Å². The Hall–Kier alpha value is -0.620. The number of nitrogens with one attached hydrogen (secondary N) is 1. The van der Waals surface area contributed by atoms with Crippen molar-refractivity contribution in [1.29, 1.82) is 0 Å². The Labute approximate surface area is 124 Å². The van der Waals surface area contributed by atoms with Crippen LogP contribution in [0.2, 0.25) is 0 Å². The predicted molar refractivity (Wildman–Crippen MR) is 82.4 cm³/mol. The van der Waals surface area contributed by atoms with Crippen LogP contribution in [0.5, 0.6) is 0 Å². The molecule has 1 saturated heterocycles. The number of ether oxygens (including phenoxy) is 1. The minimum Gasteiger partial charge on any atom is -0.444 e. The molecule has 0 spiro atoms. The SMILES string of the molecule is CC(CS(C)=O)NC1CCN(C(=O)OC(C)(C)C)CC1. The van der Waals surface area contributed by atoms with Crippen molar-refractivity contribution in [2.45, 2.75) is 58.2 Å². The predicted octanol–water partition coefficient (Wildman–Crippen LogP) is 1.74. The summed E-state index contributed by atoms with van der Waals surface area (Å²) in [5.74, 6) is 0.673. The molecule has 0 saturated carbocycles. The Bertz CT molecular complexity index is 347. The van der Waals surface area contributed by atoms with Gasteiger partial charge in [0.25, 0.3) is 0 Å². The third kappa shape index (κ3) is 6.70. The second-order valence-corrected chi connectivity index (χ2v) is 8.03. The number of piperidine rings is 1. The lowest BCUT2D eigenvalue weighted by molar-refractivity contribution is 0.0197. The molecule has 6 heteroatoms. The highest BCUT2D eigenvalue weighted by Gasteiger charge is 2.27. The van der Waals surface area contributed by atoms with E-state index in [1.165, 1.54) is 0 Å².